The number of rotatable bonds is 15. The van der Waals surface area contributed by atoms with E-state index in [2.05, 4.69) is 31.5 Å². The number of ether oxygens (including phenoxy) is 1. The van der Waals surface area contributed by atoms with E-state index in [-0.39, 0.29) is 68.7 Å². The lowest BCUT2D eigenvalue weighted by molar-refractivity contribution is -0.136. The highest BCUT2D eigenvalue weighted by Gasteiger charge is 2.46. The van der Waals surface area contributed by atoms with E-state index in [0.717, 1.165) is 17.7 Å². The van der Waals surface area contributed by atoms with E-state index in [9.17, 15) is 38.4 Å². The minimum Gasteiger partial charge on any atom is -0.483 e. The number of aromatic nitrogens is 2. The van der Waals surface area contributed by atoms with E-state index in [1.807, 2.05) is 0 Å². The molecule has 1 aromatic heterocycles. The van der Waals surface area contributed by atoms with E-state index in [4.69, 9.17) is 27.9 Å². The normalized spacial score (nSPS) is 16.9. The lowest BCUT2D eigenvalue weighted by atomic mass is 10.0. The third kappa shape index (κ3) is 9.60. The van der Waals surface area contributed by atoms with Gasteiger partial charge in [0, 0.05) is 38.5 Å². The first-order valence-corrected chi connectivity index (χ1v) is 19.3. The number of benzene rings is 2. The van der Waals surface area contributed by atoms with Gasteiger partial charge < -0.3 is 25.6 Å². The summed E-state index contributed by atoms with van der Waals surface area (Å²) >= 11 is 12.3. The van der Waals surface area contributed by atoms with Crippen LogP contribution >= 0.6 is 23.2 Å². The highest BCUT2D eigenvalue weighted by molar-refractivity contribution is 6.40. The SMILES string of the molecule is O=C(COc1cccc2c1C(=O)N(C1CCC(=O)NC1=O)C2=O)NCCCCCCC(=O)N1CCC(NC(=O)c2[nH]ncc2NC(=O)c2c(Cl)cccc2Cl)CC1. The predicted molar refractivity (Wildman–Crippen MR) is 205 cm³/mol. The molecule has 0 radical (unpaired) electrons. The number of halogens is 2. The summed E-state index contributed by atoms with van der Waals surface area (Å²) in [7, 11) is 0. The summed E-state index contributed by atoms with van der Waals surface area (Å²) in [5.74, 6) is -3.95. The molecular formula is C38H40Cl2N8O9. The van der Waals surface area contributed by atoms with Crippen LogP contribution in [0.3, 0.4) is 0 Å². The predicted octanol–water partition coefficient (Wildman–Crippen LogP) is 3.24. The number of hydrogen-bond acceptors (Lipinski definition) is 10. The number of imide groups is 2. The molecule has 3 aliphatic rings. The maximum Gasteiger partial charge on any atom is 0.271 e. The summed E-state index contributed by atoms with van der Waals surface area (Å²) in [4.78, 5) is 104. The number of likely N-dealkylation sites (tertiary alicyclic amines) is 1. The fourth-order valence-electron chi connectivity index (χ4n) is 6.92. The molecule has 0 spiro atoms. The number of nitrogens with zero attached hydrogens (tertiary/aromatic N) is 3. The van der Waals surface area contributed by atoms with Crippen molar-refractivity contribution in [2.24, 2.45) is 0 Å². The first kappa shape index (κ1) is 40.8. The molecule has 3 aliphatic heterocycles. The Morgan fingerprint density at radius 2 is 1.60 bits per heavy atom. The number of anilines is 1. The van der Waals surface area contributed by atoms with Crippen LogP contribution < -0.4 is 26.0 Å². The molecule has 57 heavy (non-hydrogen) atoms. The van der Waals surface area contributed by atoms with E-state index in [0.29, 0.717) is 51.7 Å². The Balaban J connectivity index is 0.841. The molecule has 5 N–H and O–H groups in total. The van der Waals surface area contributed by atoms with Crippen molar-refractivity contribution >= 4 is 76.1 Å². The molecule has 1 unspecified atom stereocenters. The van der Waals surface area contributed by atoms with Gasteiger partial charge in [0.2, 0.25) is 17.7 Å². The summed E-state index contributed by atoms with van der Waals surface area (Å²) in [6.45, 7) is 0.965. The maximum absolute atomic E-state index is 13.2. The zero-order chi connectivity index (χ0) is 40.6. The van der Waals surface area contributed by atoms with Crippen molar-refractivity contribution in [2.45, 2.75) is 69.9 Å². The molecule has 8 amide bonds. The Hall–Kier alpha value is -5.81. The van der Waals surface area contributed by atoms with Gasteiger partial charge in [-0.3, -0.25) is 53.7 Å². The van der Waals surface area contributed by atoms with Crippen LogP contribution in [-0.4, -0.2) is 106 Å². The van der Waals surface area contributed by atoms with E-state index < -0.39 is 54.0 Å². The number of hydrogen-bond donors (Lipinski definition) is 5. The lowest BCUT2D eigenvalue weighted by Crippen LogP contribution is -2.54. The van der Waals surface area contributed by atoms with Gasteiger partial charge in [-0.1, -0.05) is 48.2 Å². The van der Waals surface area contributed by atoms with Crippen LogP contribution in [-0.2, 0) is 19.2 Å². The standard InChI is InChI=1S/C38H40Cl2N8O9/c39-23-8-6-9-24(40)32(23)35(53)44-25-19-42-46-33(25)36(54)43-21-14-17-47(18-15-21)30(51)11-3-1-2-4-16-41-29(50)20-57-27-10-5-7-22-31(27)38(56)48(37(22)55)26-12-13-28(49)45-34(26)52/h5-10,19,21,26H,1-4,11-18,20H2,(H,41,50)(H,42,46)(H,43,54)(H,44,53)(H,45,49,52). The molecule has 2 fully saturated rings. The van der Waals surface area contributed by atoms with Gasteiger partial charge >= 0.3 is 0 Å². The van der Waals surface area contributed by atoms with Gasteiger partial charge in [0.15, 0.2) is 6.61 Å². The number of carbonyl (C=O) groups is 8. The van der Waals surface area contributed by atoms with Crippen LogP contribution in [0.2, 0.25) is 10.0 Å². The van der Waals surface area contributed by atoms with Gasteiger partial charge in [0.05, 0.1) is 38.6 Å². The van der Waals surface area contributed by atoms with E-state index in [1.54, 1.807) is 11.0 Å². The minimum atomic E-state index is -1.11. The van der Waals surface area contributed by atoms with E-state index in [1.165, 1.54) is 36.5 Å². The summed E-state index contributed by atoms with van der Waals surface area (Å²) in [5, 5.41) is 17.3. The van der Waals surface area contributed by atoms with Crippen molar-refractivity contribution < 1.29 is 43.1 Å². The average Bonchev–Trinajstić information content (AvgIpc) is 3.75. The number of amides is 8. The van der Waals surface area contributed by atoms with Gasteiger partial charge in [-0.25, -0.2) is 0 Å². The number of H-pyrrole nitrogens is 1. The third-order valence-corrected chi connectivity index (χ3v) is 10.5. The molecular weight excluding hydrogens is 783 g/mol. The molecule has 2 aromatic carbocycles. The fraction of sp³-hybridized carbons (Fsp3) is 0.395. The zero-order valence-corrected chi connectivity index (χ0v) is 32.2. The quantitative estimate of drug-likeness (QED) is 0.111. The summed E-state index contributed by atoms with van der Waals surface area (Å²) in [6.07, 6.45) is 5.78. The number of aromatic amines is 1. The monoisotopic (exact) mass is 822 g/mol. The van der Waals surface area contributed by atoms with Crippen LogP contribution in [0.4, 0.5) is 5.69 Å². The number of nitrogens with one attached hydrogen (secondary N) is 5. The van der Waals surface area contributed by atoms with Crippen LogP contribution in [0, 0.1) is 0 Å². The third-order valence-electron chi connectivity index (χ3n) is 9.92. The number of fused-ring (bicyclic) bond motifs is 1. The van der Waals surface area contributed by atoms with E-state index >= 15 is 0 Å². The molecule has 300 valence electrons. The highest BCUT2D eigenvalue weighted by Crippen LogP contribution is 2.34. The van der Waals surface area contributed by atoms with Crippen molar-refractivity contribution in [1.29, 1.82) is 0 Å². The van der Waals surface area contributed by atoms with Crippen molar-refractivity contribution in [3.8, 4) is 5.75 Å². The topological polar surface area (TPSA) is 229 Å². The van der Waals surface area contributed by atoms with Crippen LogP contribution in [0.15, 0.2) is 42.6 Å². The van der Waals surface area contributed by atoms with Crippen LogP contribution in [0.5, 0.6) is 5.75 Å². The Morgan fingerprint density at radius 3 is 2.33 bits per heavy atom. The first-order valence-electron chi connectivity index (χ1n) is 18.5. The second-order valence-electron chi connectivity index (χ2n) is 13.8. The Kier molecular flexibility index (Phi) is 13.2. The molecule has 0 saturated carbocycles. The maximum atomic E-state index is 13.2. The van der Waals surface area contributed by atoms with Gasteiger partial charge in [0.25, 0.3) is 29.5 Å². The lowest BCUT2D eigenvalue weighted by Gasteiger charge is -2.32. The van der Waals surface area contributed by atoms with Crippen molar-refractivity contribution in [3.05, 3.63) is 75.0 Å². The van der Waals surface area contributed by atoms with Crippen molar-refractivity contribution in [3.63, 3.8) is 0 Å². The first-order chi connectivity index (χ1) is 27.4. The largest absolute Gasteiger partial charge is 0.483 e. The number of piperidine rings is 2. The highest BCUT2D eigenvalue weighted by atomic mass is 35.5. The summed E-state index contributed by atoms with van der Waals surface area (Å²) in [6, 6.07) is 7.83. The van der Waals surface area contributed by atoms with Crippen LogP contribution in [0.1, 0.15) is 99.3 Å². The molecule has 0 bridgehead atoms. The Labute approximate surface area is 336 Å². The molecule has 0 aliphatic carbocycles. The van der Waals surface area contributed by atoms with Crippen LogP contribution in [0.25, 0.3) is 0 Å². The fourth-order valence-corrected chi connectivity index (χ4v) is 7.49. The van der Waals surface area contributed by atoms with Gasteiger partial charge in [-0.05, 0) is 56.4 Å². The molecule has 19 heteroatoms. The Morgan fingerprint density at radius 1 is 0.877 bits per heavy atom. The summed E-state index contributed by atoms with van der Waals surface area (Å²) < 4.78 is 5.61. The molecule has 2 saturated heterocycles. The second-order valence-corrected chi connectivity index (χ2v) is 14.6. The number of carbonyl (C=O) groups excluding carboxylic acids is 8. The van der Waals surface area contributed by atoms with Gasteiger partial charge in [0.1, 0.15) is 17.5 Å². The zero-order valence-electron chi connectivity index (χ0n) is 30.7. The van der Waals surface area contributed by atoms with Gasteiger partial charge in [-0.15, -0.1) is 0 Å². The summed E-state index contributed by atoms with van der Waals surface area (Å²) in [5.41, 5.74) is 0.350. The Bertz CT molecular complexity index is 2080. The average molecular weight is 824 g/mol. The minimum absolute atomic E-state index is 0.000787. The second kappa shape index (κ2) is 18.4. The number of unbranched alkanes of at least 4 members (excludes halogenated alkanes) is 3. The van der Waals surface area contributed by atoms with Crippen molar-refractivity contribution in [2.75, 3.05) is 31.6 Å². The molecule has 4 heterocycles. The molecule has 17 nitrogen and oxygen atoms in total. The molecule has 3 aromatic rings. The molecule has 1 atom stereocenters. The smallest absolute Gasteiger partial charge is 0.271 e. The molecule has 6 rings (SSSR count). The van der Waals surface area contributed by atoms with Gasteiger partial charge in [-0.2, -0.15) is 5.10 Å². The van der Waals surface area contributed by atoms with Crippen molar-refractivity contribution in [1.82, 2.24) is 35.9 Å².